The lowest BCUT2D eigenvalue weighted by molar-refractivity contribution is -0.120. The number of fused-ring (bicyclic) bond motifs is 1. The number of aromatic nitrogens is 2. The van der Waals surface area contributed by atoms with Crippen LogP contribution in [0.4, 0.5) is 5.69 Å². The second kappa shape index (κ2) is 5.10. The molecule has 1 aliphatic carbocycles. The van der Waals surface area contributed by atoms with Gasteiger partial charge in [0.15, 0.2) is 0 Å². The number of carbonyl (C=O) groups excluding carboxylic acids is 2. The van der Waals surface area contributed by atoms with Crippen molar-refractivity contribution < 1.29 is 9.59 Å². The fourth-order valence-corrected chi connectivity index (χ4v) is 3.35. The van der Waals surface area contributed by atoms with Crippen molar-refractivity contribution in [2.45, 2.75) is 32.2 Å². The summed E-state index contributed by atoms with van der Waals surface area (Å²) in [6.07, 6.45) is 10.5. The highest BCUT2D eigenvalue weighted by Crippen LogP contribution is 2.36. The standard InChI is InChI=1S/C18H15N3O2/c1-2-9-20-11-12-10-13(7-8-16(12)19-20)21-17(22)14-5-3-4-6-15(14)18(21)23/h1,7-8,10-11H,3-6,9H2. The molecule has 5 nitrogen and oxygen atoms in total. The Kier molecular flexibility index (Phi) is 3.05. The van der Waals surface area contributed by atoms with Crippen molar-refractivity contribution in [3.63, 3.8) is 0 Å². The van der Waals surface area contributed by atoms with Crippen molar-refractivity contribution >= 4 is 28.4 Å². The molecule has 0 saturated heterocycles. The van der Waals surface area contributed by atoms with Crippen molar-refractivity contribution in [3.8, 4) is 12.3 Å². The Morgan fingerprint density at radius 1 is 1.13 bits per heavy atom. The first-order valence-electron chi connectivity index (χ1n) is 7.70. The molecule has 1 aliphatic heterocycles. The first-order valence-corrected chi connectivity index (χ1v) is 7.70. The zero-order valence-corrected chi connectivity index (χ0v) is 12.6. The minimum absolute atomic E-state index is 0.167. The van der Waals surface area contributed by atoms with Gasteiger partial charge < -0.3 is 0 Å². The summed E-state index contributed by atoms with van der Waals surface area (Å²) >= 11 is 0. The van der Waals surface area contributed by atoms with Crippen LogP contribution in [0.5, 0.6) is 0 Å². The molecule has 0 spiro atoms. The van der Waals surface area contributed by atoms with E-state index in [1.165, 1.54) is 4.90 Å². The molecular formula is C18H15N3O2. The molecule has 23 heavy (non-hydrogen) atoms. The van der Waals surface area contributed by atoms with Gasteiger partial charge >= 0.3 is 0 Å². The van der Waals surface area contributed by atoms with E-state index < -0.39 is 0 Å². The second-order valence-electron chi connectivity index (χ2n) is 5.88. The average molecular weight is 305 g/mol. The maximum atomic E-state index is 12.6. The van der Waals surface area contributed by atoms with Crippen molar-refractivity contribution in [2.75, 3.05) is 4.90 Å². The third-order valence-electron chi connectivity index (χ3n) is 4.44. The molecule has 0 fully saturated rings. The van der Waals surface area contributed by atoms with E-state index in [-0.39, 0.29) is 11.8 Å². The highest BCUT2D eigenvalue weighted by Gasteiger charge is 2.39. The van der Waals surface area contributed by atoms with Crippen molar-refractivity contribution in [2.24, 2.45) is 0 Å². The quantitative estimate of drug-likeness (QED) is 0.632. The summed E-state index contributed by atoms with van der Waals surface area (Å²) in [5, 5.41) is 5.22. The number of anilines is 1. The number of benzene rings is 1. The van der Waals surface area contributed by atoms with Crippen LogP contribution in [0.3, 0.4) is 0 Å². The van der Waals surface area contributed by atoms with Crippen LogP contribution in [0, 0.1) is 12.3 Å². The fraction of sp³-hybridized carbons (Fsp3) is 0.278. The molecule has 0 atom stereocenters. The van der Waals surface area contributed by atoms with Crippen LogP contribution >= 0.6 is 0 Å². The summed E-state index contributed by atoms with van der Waals surface area (Å²) in [6.45, 7) is 0.390. The maximum absolute atomic E-state index is 12.6. The van der Waals surface area contributed by atoms with E-state index in [9.17, 15) is 9.59 Å². The van der Waals surface area contributed by atoms with Crippen LogP contribution in [0.2, 0.25) is 0 Å². The number of amides is 2. The molecule has 114 valence electrons. The normalized spacial score (nSPS) is 17.8. The first-order chi connectivity index (χ1) is 11.2. The fourth-order valence-electron chi connectivity index (χ4n) is 3.35. The average Bonchev–Trinajstić information content (AvgIpc) is 3.07. The van der Waals surface area contributed by atoms with Gasteiger partial charge in [-0.05, 0) is 43.9 Å². The molecule has 0 N–H and O–H groups in total. The van der Waals surface area contributed by atoms with E-state index in [4.69, 9.17) is 6.42 Å². The van der Waals surface area contributed by atoms with Gasteiger partial charge in [-0.15, -0.1) is 6.42 Å². The van der Waals surface area contributed by atoms with Gasteiger partial charge in [0.2, 0.25) is 0 Å². The number of nitrogens with zero attached hydrogens (tertiary/aromatic N) is 3. The third kappa shape index (κ3) is 2.07. The number of terminal acetylenes is 1. The maximum Gasteiger partial charge on any atom is 0.261 e. The summed E-state index contributed by atoms with van der Waals surface area (Å²) < 4.78 is 1.67. The Bertz CT molecular complexity index is 886. The molecule has 1 aromatic heterocycles. The molecule has 2 aliphatic rings. The van der Waals surface area contributed by atoms with Crippen LogP contribution in [0.1, 0.15) is 25.7 Å². The van der Waals surface area contributed by atoms with Crippen molar-refractivity contribution in [1.29, 1.82) is 0 Å². The minimum Gasteiger partial charge on any atom is -0.269 e. The zero-order valence-electron chi connectivity index (χ0n) is 12.6. The van der Waals surface area contributed by atoms with Gasteiger partial charge in [-0.2, -0.15) is 5.10 Å². The predicted octanol–water partition coefficient (Wildman–Crippen LogP) is 2.41. The highest BCUT2D eigenvalue weighted by molar-refractivity contribution is 6.33. The smallest absolute Gasteiger partial charge is 0.261 e. The molecule has 1 aromatic carbocycles. The van der Waals surface area contributed by atoms with Gasteiger partial charge in [0.1, 0.15) is 6.54 Å². The van der Waals surface area contributed by atoms with E-state index in [1.807, 2.05) is 18.3 Å². The number of imide groups is 1. The van der Waals surface area contributed by atoms with Gasteiger partial charge in [0, 0.05) is 22.7 Å². The molecule has 0 unspecified atom stereocenters. The number of hydrogen-bond donors (Lipinski definition) is 0. The lowest BCUT2D eigenvalue weighted by Crippen LogP contribution is -2.31. The largest absolute Gasteiger partial charge is 0.269 e. The van der Waals surface area contributed by atoms with E-state index in [1.54, 1.807) is 10.7 Å². The Morgan fingerprint density at radius 2 is 1.83 bits per heavy atom. The van der Waals surface area contributed by atoms with Crippen LogP contribution in [0.15, 0.2) is 35.5 Å². The molecule has 4 rings (SSSR count). The molecule has 2 amide bonds. The molecule has 5 heteroatoms. The Labute approximate surface area is 133 Å². The van der Waals surface area contributed by atoms with Crippen LogP contribution in [-0.2, 0) is 16.1 Å². The molecule has 2 aromatic rings. The minimum atomic E-state index is -0.167. The van der Waals surface area contributed by atoms with Gasteiger partial charge in [-0.3, -0.25) is 14.3 Å². The number of rotatable bonds is 2. The summed E-state index contributed by atoms with van der Waals surface area (Å²) in [4.78, 5) is 26.5. The van der Waals surface area contributed by atoms with Crippen LogP contribution in [0.25, 0.3) is 10.9 Å². The summed E-state index contributed by atoms with van der Waals surface area (Å²) in [6, 6.07) is 5.41. The van der Waals surface area contributed by atoms with Gasteiger partial charge in [-0.25, -0.2) is 4.90 Å². The molecule has 0 saturated carbocycles. The van der Waals surface area contributed by atoms with E-state index in [2.05, 4.69) is 11.0 Å². The van der Waals surface area contributed by atoms with E-state index in [0.29, 0.717) is 36.2 Å². The van der Waals surface area contributed by atoms with E-state index in [0.717, 1.165) is 23.7 Å². The third-order valence-corrected chi connectivity index (χ3v) is 4.44. The van der Waals surface area contributed by atoms with Crippen LogP contribution < -0.4 is 4.90 Å². The molecular weight excluding hydrogens is 290 g/mol. The highest BCUT2D eigenvalue weighted by atomic mass is 16.2. The second-order valence-corrected chi connectivity index (χ2v) is 5.88. The lowest BCUT2D eigenvalue weighted by atomic mass is 9.93. The number of hydrogen-bond acceptors (Lipinski definition) is 3. The Morgan fingerprint density at radius 3 is 2.48 bits per heavy atom. The van der Waals surface area contributed by atoms with Gasteiger partial charge in [0.05, 0.1) is 11.2 Å². The SMILES string of the molecule is C#CCn1cc2cc(N3C(=O)C4=C(CCCC4)C3=O)ccc2n1. The summed E-state index contributed by atoms with van der Waals surface area (Å²) in [5.41, 5.74) is 2.79. The molecule has 0 radical (unpaired) electrons. The Balaban J connectivity index is 1.73. The predicted molar refractivity (Wildman–Crippen MR) is 86.6 cm³/mol. The van der Waals surface area contributed by atoms with Crippen LogP contribution in [-0.4, -0.2) is 21.6 Å². The summed E-state index contributed by atoms with van der Waals surface area (Å²) in [5.74, 6) is 2.20. The number of carbonyl (C=O) groups is 2. The first kappa shape index (κ1) is 13.8. The van der Waals surface area contributed by atoms with Gasteiger partial charge in [-0.1, -0.05) is 5.92 Å². The molecule has 0 bridgehead atoms. The lowest BCUT2D eigenvalue weighted by Gasteiger charge is -2.14. The van der Waals surface area contributed by atoms with Crippen molar-refractivity contribution in [1.82, 2.24) is 9.78 Å². The van der Waals surface area contributed by atoms with Crippen molar-refractivity contribution in [3.05, 3.63) is 35.5 Å². The Hall–Kier alpha value is -2.87. The topological polar surface area (TPSA) is 55.2 Å². The monoisotopic (exact) mass is 305 g/mol. The summed E-state index contributed by atoms with van der Waals surface area (Å²) in [7, 11) is 0. The van der Waals surface area contributed by atoms with E-state index >= 15 is 0 Å². The zero-order chi connectivity index (χ0) is 16.0. The van der Waals surface area contributed by atoms with Gasteiger partial charge in [0.25, 0.3) is 11.8 Å². The molecule has 2 heterocycles.